The Bertz CT molecular complexity index is 206. The highest BCUT2D eigenvalue weighted by Crippen LogP contribution is 2.12. The van der Waals surface area contributed by atoms with E-state index in [0.29, 0.717) is 11.6 Å². The summed E-state index contributed by atoms with van der Waals surface area (Å²) in [5, 5.41) is 6.49. The summed E-state index contributed by atoms with van der Waals surface area (Å²) in [7, 11) is 0. The molecule has 1 saturated heterocycles. The molecule has 0 radical (unpaired) electrons. The molecular weight excluding hydrogens is 176 g/mol. The lowest BCUT2D eigenvalue weighted by atomic mass is 10.2. The maximum absolute atomic E-state index is 10.8. The monoisotopic (exact) mass is 188 g/mol. The number of nitrogens with two attached hydrogens (primary N) is 2. The molecule has 0 aliphatic carbocycles. The second-order valence-electron chi connectivity index (χ2n) is 2.58. The molecule has 0 spiro atoms. The Hall–Kier alpha value is -0.910. The van der Waals surface area contributed by atoms with Crippen LogP contribution in [0, 0.1) is 0 Å². The maximum atomic E-state index is 10.8. The summed E-state index contributed by atoms with van der Waals surface area (Å²) >= 11 is 1.36. The van der Waals surface area contributed by atoms with E-state index in [1.807, 2.05) is 0 Å². The van der Waals surface area contributed by atoms with Gasteiger partial charge in [-0.3, -0.25) is 4.79 Å². The van der Waals surface area contributed by atoms with Crippen molar-refractivity contribution in [1.29, 1.82) is 0 Å². The van der Waals surface area contributed by atoms with Crippen LogP contribution in [0.25, 0.3) is 0 Å². The van der Waals surface area contributed by atoms with E-state index in [1.165, 1.54) is 11.8 Å². The van der Waals surface area contributed by atoms with Crippen LogP contribution in [0.4, 0.5) is 0 Å². The van der Waals surface area contributed by atoms with Gasteiger partial charge in [0.25, 0.3) is 0 Å². The van der Waals surface area contributed by atoms with Gasteiger partial charge in [-0.2, -0.15) is 5.10 Å². The lowest BCUT2D eigenvalue weighted by Gasteiger charge is -2.07. The van der Waals surface area contributed by atoms with Gasteiger partial charge in [0.1, 0.15) is 0 Å². The first kappa shape index (κ1) is 9.18. The molecule has 68 valence electrons. The van der Waals surface area contributed by atoms with Crippen molar-refractivity contribution in [3.8, 4) is 0 Å². The number of rotatable bonds is 2. The Labute approximate surface area is 74.9 Å². The van der Waals surface area contributed by atoms with Crippen molar-refractivity contribution in [3.63, 3.8) is 0 Å². The van der Waals surface area contributed by atoms with E-state index in [0.717, 1.165) is 12.2 Å². The van der Waals surface area contributed by atoms with Gasteiger partial charge in [-0.05, 0) is 6.42 Å². The predicted molar refractivity (Wildman–Crippen MR) is 49.4 cm³/mol. The Morgan fingerprint density at radius 3 is 3.08 bits per heavy atom. The van der Waals surface area contributed by atoms with Crippen LogP contribution in [-0.2, 0) is 4.79 Å². The van der Waals surface area contributed by atoms with Crippen LogP contribution in [-0.4, -0.2) is 22.9 Å². The third kappa shape index (κ3) is 2.61. The Morgan fingerprint density at radius 2 is 2.58 bits per heavy atom. The third-order valence-electron chi connectivity index (χ3n) is 1.64. The Morgan fingerprint density at radius 1 is 1.83 bits per heavy atom. The number of thioether (sulfide) groups is 1. The van der Waals surface area contributed by atoms with Gasteiger partial charge in [-0.15, -0.1) is 0 Å². The molecule has 0 saturated carbocycles. The second kappa shape index (κ2) is 4.20. The van der Waals surface area contributed by atoms with Gasteiger partial charge in [-0.1, -0.05) is 11.8 Å². The molecule has 0 bridgehead atoms. The van der Waals surface area contributed by atoms with Crippen LogP contribution in [0.1, 0.15) is 12.8 Å². The highest BCUT2D eigenvalue weighted by Gasteiger charge is 2.20. The summed E-state index contributed by atoms with van der Waals surface area (Å²) in [6.07, 6.45) is 1.49. The highest BCUT2D eigenvalue weighted by atomic mass is 32.2. The minimum Gasteiger partial charge on any atom is -0.377 e. The van der Waals surface area contributed by atoms with E-state index < -0.39 is 0 Å². The molecule has 0 aromatic rings. The predicted octanol–water partition coefficient (Wildman–Crippen LogP) is -0.813. The quantitative estimate of drug-likeness (QED) is 0.228. The van der Waals surface area contributed by atoms with Crippen molar-refractivity contribution in [3.05, 3.63) is 0 Å². The fraction of sp³-hybridized carbons (Fsp3) is 0.667. The number of carbonyl (C=O) groups is 1. The summed E-state index contributed by atoms with van der Waals surface area (Å²) in [6, 6.07) is 0.225. The minimum atomic E-state index is 0.115. The fourth-order valence-corrected chi connectivity index (χ4v) is 1.72. The molecule has 1 unspecified atom stereocenters. The number of amidine groups is 1. The SMILES string of the molecule is N/N=C(\N)SCC1CCC(=O)N1. The number of hydrazone groups is 1. The van der Waals surface area contributed by atoms with Crippen molar-refractivity contribution in [2.24, 2.45) is 16.7 Å². The van der Waals surface area contributed by atoms with Crippen molar-refractivity contribution < 1.29 is 4.79 Å². The number of nitrogens with one attached hydrogen (secondary N) is 1. The molecular formula is C6H12N4OS. The average molecular weight is 188 g/mol. The van der Waals surface area contributed by atoms with Crippen molar-refractivity contribution in [2.45, 2.75) is 18.9 Å². The minimum absolute atomic E-state index is 0.115. The normalized spacial score (nSPS) is 24.2. The van der Waals surface area contributed by atoms with Crippen LogP contribution < -0.4 is 16.9 Å². The summed E-state index contributed by atoms with van der Waals surface area (Å²) in [4.78, 5) is 10.8. The first-order valence-electron chi connectivity index (χ1n) is 3.68. The standard InChI is InChI=1S/C6H12N4OS/c7-6(10-8)12-3-4-1-2-5(11)9-4/h4H,1-3,8H2,(H2,7,10)(H,9,11). The largest absolute Gasteiger partial charge is 0.377 e. The average Bonchev–Trinajstić information content (AvgIpc) is 2.47. The van der Waals surface area contributed by atoms with Crippen molar-refractivity contribution >= 4 is 22.8 Å². The lowest BCUT2D eigenvalue weighted by Crippen LogP contribution is -2.28. The molecule has 1 aliphatic heterocycles. The van der Waals surface area contributed by atoms with Crippen molar-refractivity contribution in [1.82, 2.24) is 5.32 Å². The first-order chi connectivity index (χ1) is 5.72. The van der Waals surface area contributed by atoms with E-state index in [4.69, 9.17) is 11.6 Å². The van der Waals surface area contributed by atoms with E-state index in [-0.39, 0.29) is 11.9 Å². The Kier molecular flexibility index (Phi) is 3.21. The van der Waals surface area contributed by atoms with Gasteiger partial charge in [0.15, 0.2) is 5.17 Å². The van der Waals surface area contributed by atoms with Crippen LogP contribution >= 0.6 is 11.8 Å². The number of hydrogen-bond donors (Lipinski definition) is 3. The molecule has 1 rings (SSSR count). The molecule has 1 heterocycles. The molecule has 12 heavy (non-hydrogen) atoms. The van der Waals surface area contributed by atoms with Gasteiger partial charge >= 0.3 is 0 Å². The van der Waals surface area contributed by atoms with E-state index >= 15 is 0 Å². The molecule has 0 aromatic heterocycles. The zero-order valence-electron chi connectivity index (χ0n) is 6.62. The van der Waals surface area contributed by atoms with E-state index in [1.54, 1.807) is 0 Å². The maximum Gasteiger partial charge on any atom is 0.220 e. The molecule has 5 nitrogen and oxygen atoms in total. The van der Waals surface area contributed by atoms with Crippen LogP contribution in [0.15, 0.2) is 5.10 Å². The van der Waals surface area contributed by atoms with Gasteiger partial charge in [0, 0.05) is 18.2 Å². The van der Waals surface area contributed by atoms with Gasteiger partial charge in [0.2, 0.25) is 5.91 Å². The summed E-state index contributed by atoms with van der Waals surface area (Å²) < 4.78 is 0. The van der Waals surface area contributed by atoms with Gasteiger partial charge in [-0.25, -0.2) is 0 Å². The van der Waals surface area contributed by atoms with E-state index in [9.17, 15) is 4.79 Å². The number of amides is 1. The molecule has 5 N–H and O–H groups in total. The van der Waals surface area contributed by atoms with Crippen molar-refractivity contribution in [2.75, 3.05) is 5.75 Å². The highest BCUT2D eigenvalue weighted by molar-refractivity contribution is 8.13. The van der Waals surface area contributed by atoms with Crippen LogP contribution in [0.3, 0.4) is 0 Å². The number of hydrogen-bond acceptors (Lipinski definition) is 4. The summed E-state index contributed by atoms with van der Waals surface area (Å²) in [5.41, 5.74) is 5.36. The lowest BCUT2D eigenvalue weighted by molar-refractivity contribution is -0.119. The van der Waals surface area contributed by atoms with Crippen LogP contribution in [0.5, 0.6) is 0 Å². The molecule has 0 aromatic carbocycles. The summed E-state index contributed by atoms with van der Waals surface area (Å²) in [6.45, 7) is 0. The van der Waals surface area contributed by atoms with Crippen LogP contribution in [0.2, 0.25) is 0 Å². The second-order valence-corrected chi connectivity index (χ2v) is 3.62. The Balaban J connectivity index is 2.20. The number of carbonyl (C=O) groups excluding carboxylic acids is 1. The topological polar surface area (TPSA) is 93.5 Å². The van der Waals surface area contributed by atoms with Gasteiger partial charge in [0.05, 0.1) is 0 Å². The third-order valence-corrected chi connectivity index (χ3v) is 2.61. The molecule has 1 atom stereocenters. The fourth-order valence-electron chi connectivity index (χ4n) is 1.03. The molecule has 1 amide bonds. The zero-order valence-corrected chi connectivity index (χ0v) is 7.43. The van der Waals surface area contributed by atoms with E-state index in [2.05, 4.69) is 10.4 Å². The summed E-state index contributed by atoms with van der Waals surface area (Å²) in [5.74, 6) is 5.80. The number of nitrogens with zero attached hydrogens (tertiary/aromatic N) is 1. The molecule has 6 heteroatoms. The molecule has 1 aliphatic rings. The first-order valence-corrected chi connectivity index (χ1v) is 4.66. The van der Waals surface area contributed by atoms with Gasteiger partial charge < -0.3 is 16.9 Å². The zero-order chi connectivity index (χ0) is 8.97. The molecule has 1 fully saturated rings. The smallest absolute Gasteiger partial charge is 0.220 e.